The summed E-state index contributed by atoms with van der Waals surface area (Å²) in [5.41, 5.74) is 2.49. The smallest absolute Gasteiger partial charge is 0.202 e. The molecule has 1 aliphatic heterocycles. The summed E-state index contributed by atoms with van der Waals surface area (Å²) in [6.07, 6.45) is 10.0. The molecular weight excluding hydrogens is 516 g/mol. The molecule has 0 bridgehead atoms. The van der Waals surface area contributed by atoms with E-state index >= 15 is 0 Å². The van der Waals surface area contributed by atoms with Gasteiger partial charge in [0, 0.05) is 23.2 Å². The molecule has 0 aromatic heterocycles. The van der Waals surface area contributed by atoms with Crippen LogP contribution >= 0.6 is 15.9 Å². The van der Waals surface area contributed by atoms with E-state index < -0.39 is 5.79 Å². The molecule has 5 aliphatic rings. The van der Waals surface area contributed by atoms with E-state index in [2.05, 4.69) is 36.4 Å². The summed E-state index contributed by atoms with van der Waals surface area (Å²) in [6.45, 7) is 11.6. The number of halogens is 1. The van der Waals surface area contributed by atoms with Gasteiger partial charge in [-0.05, 0) is 110 Å². The van der Waals surface area contributed by atoms with Gasteiger partial charge in [-0.2, -0.15) is 0 Å². The second-order valence-corrected chi connectivity index (χ2v) is 14.0. The van der Waals surface area contributed by atoms with Crippen molar-refractivity contribution in [2.75, 3.05) is 6.61 Å². The van der Waals surface area contributed by atoms with Gasteiger partial charge in [0.05, 0.1) is 6.61 Å². The average Bonchev–Trinajstić information content (AvgIpc) is 3.23. The molecule has 9 atom stereocenters. The molecule has 5 heteroatoms. The molecule has 1 aromatic rings. The Morgan fingerprint density at radius 1 is 0.972 bits per heavy atom. The number of carbonyl (C=O) groups is 1. The van der Waals surface area contributed by atoms with Gasteiger partial charge < -0.3 is 4.74 Å². The van der Waals surface area contributed by atoms with Crippen LogP contribution in [0.5, 0.6) is 0 Å². The largest absolute Gasteiger partial charge is 0.344 e. The molecular formula is C31H41BrO4. The van der Waals surface area contributed by atoms with Crippen LogP contribution in [-0.2, 0) is 19.3 Å². The molecule has 1 heterocycles. The van der Waals surface area contributed by atoms with Crippen LogP contribution in [0.3, 0.4) is 0 Å². The van der Waals surface area contributed by atoms with Crippen LogP contribution in [0.4, 0.5) is 0 Å². The van der Waals surface area contributed by atoms with E-state index in [-0.39, 0.29) is 17.4 Å². The summed E-state index contributed by atoms with van der Waals surface area (Å²) in [5.74, 6) is 2.92. The Bertz CT molecular complexity index is 1030. The van der Waals surface area contributed by atoms with Crippen molar-refractivity contribution in [2.24, 2.45) is 40.4 Å². The molecule has 4 aliphatic carbocycles. The molecule has 0 N–H and O–H groups in total. The number of benzene rings is 1. The SMILES string of the molecule is C=C(c1ccc(Br)cc1)C1COC2(CC[C@@]3(C)[C@H](CC[C@@H]4[C@@H]3CC[C@]3(C)[C@@H](C(C)=O)CC[C@@H]43)C2)OO1. The fraction of sp³-hybridized carbons (Fsp3) is 0.710. The van der Waals surface area contributed by atoms with Crippen LogP contribution in [-0.4, -0.2) is 24.3 Å². The fourth-order valence-corrected chi connectivity index (χ4v) is 9.77. The maximum Gasteiger partial charge on any atom is 0.202 e. The van der Waals surface area contributed by atoms with Crippen molar-refractivity contribution in [1.29, 1.82) is 0 Å². The molecule has 4 saturated carbocycles. The molecule has 1 saturated heterocycles. The number of rotatable bonds is 3. The van der Waals surface area contributed by atoms with Crippen molar-refractivity contribution >= 4 is 27.3 Å². The minimum absolute atomic E-state index is 0.224. The minimum Gasteiger partial charge on any atom is -0.344 e. The number of ether oxygens (including phenoxy) is 1. The van der Waals surface area contributed by atoms with Crippen molar-refractivity contribution in [3.05, 3.63) is 40.9 Å². The Labute approximate surface area is 224 Å². The summed E-state index contributed by atoms with van der Waals surface area (Å²) in [5, 5.41) is 0. The highest BCUT2D eigenvalue weighted by atomic mass is 79.9. The lowest BCUT2D eigenvalue weighted by atomic mass is 9.44. The maximum atomic E-state index is 12.4. The Hall–Kier alpha value is -1.01. The summed E-state index contributed by atoms with van der Waals surface area (Å²) >= 11 is 3.49. The average molecular weight is 558 g/mol. The van der Waals surface area contributed by atoms with Gasteiger partial charge in [-0.15, -0.1) is 0 Å². The van der Waals surface area contributed by atoms with Crippen molar-refractivity contribution < 1.29 is 19.3 Å². The van der Waals surface area contributed by atoms with Crippen LogP contribution in [0.1, 0.15) is 84.1 Å². The summed E-state index contributed by atoms with van der Waals surface area (Å²) in [7, 11) is 0. The van der Waals surface area contributed by atoms with Gasteiger partial charge >= 0.3 is 0 Å². The van der Waals surface area contributed by atoms with E-state index in [0.717, 1.165) is 59.0 Å². The van der Waals surface area contributed by atoms with E-state index in [4.69, 9.17) is 14.5 Å². The van der Waals surface area contributed by atoms with Crippen LogP contribution in [0.25, 0.3) is 5.57 Å². The molecule has 6 rings (SSSR count). The molecule has 4 nitrogen and oxygen atoms in total. The second-order valence-electron chi connectivity index (χ2n) is 13.1. The van der Waals surface area contributed by atoms with Crippen molar-refractivity contribution in [2.45, 2.75) is 90.4 Å². The molecule has 0 radical (unpaired) electrons. The molecule has 1 spiro atoms. The zero-order valence-corrected chi connectivity index (χ0v) is 23.6. The molecule has 0 amide bonds. The lowest BCUT2D eigenvalue weighted by Crippen LogP contribution is -2.58. The topological polar surface area (TPSA) is 44.8 Å². The highest BCUT2D eigenvalue weighted by Gasteiger charge is 2.62. The predicted octanol–water partition coefficient (Wildman–Crippen LogP) is 7.75. The quantitative estimate of drug-likeness (QED) is 0.357. The molecule has 5 fully saturated rings. The third-order valence-corrected chi connectivity index (χ3v) is 12.1. The van der Waals surface area contributed by atoms with Crippen LogP contribution in [0.2, 0.25) is 0 Å². The number of fused-ring (bicyclic) bond motifs is 5. The number of hydrogen-bond donors (Lipinski definition) is 0. The first-order valence-corrected chi connectivity index (χ1v) is 14.9. The van der Waals surface area contributed by atoms with E-state index in [1.54, 1.807) is 0 Å². The van der Waals surface area contributed by atoms with Gasteiger partial charge in [-0.3, -0.25) is 4.79 Å². The second kappa shape index (κ2) is 9.03. The lowest BCUT2D eigenvalue weighted by molar-refractivity contribution is -0.489. The van der Waals surface area contributed by atoms with Crippen molar-refractivity contribution in [1.82, 2.24) is 0 Å². The summed E-state index contributed by atoms with van der Waals surface area (Å²) in [4.78, 5) is 24.5. The zero-order chi connectivity index (χ0) is 25.3. The van der Waals surface area contributed by atoms with E-state index in [1.807, 2.05) is 31.2 Å². The highest BCUT2D eigenvalue weighted by Crippen LogP contribution is 2.68. The van der Waals surface area contributed by atoms with Gasteiger partial charge in [0.2, 0.25) is 5.79 Å². The lowest BCUT2D eigenvalue weighted by Gasteiger charge is -2.62. The highest BCUT2D eigenvalue weighted by molar-refractivity contribution is 9.10. The first-order valence-electron chi connectivity index (χ1n) is 14.1. The Balaban J connectivity index is 1.12. The van der Waals surface area contributed by atoms with E-state index in [1.165, 1.54) is 32.1 Å². The maximum absolute atomic E-state index is 12.4. The third-order valence-electron chi connectivity index (χ3n) is 11.6. The Morgan fingerprint density at radius 3 is 2.42 bits per heavy atom. The van der Waals surface area contributed by atoms with Gasteiger partial charge in [0.1, 0.15) is 11.9 Å². The minimum atomic E-state index is -0.621. The van der Waals surface area contributed by atoms with Gasteiger partial charge in [0.15, 0.2) is 0 Å². The molecule has 2 unspecified atom stereocenters. The number of carbonyl (C=O) groups excluding carboxylic acids is 1. The Morgan fingerprint density at radius 2 is 1.72 bits per heavy atom. The van der Waals surface area contributed by atoms with Gasteiger partial charge in [-0.1, -0.05) is 48.5 Å². The first kappa shape index (κ1) is 25.3. The number of Topliss-reactive ketones (excluding diaryl/α,β-unsaturated/α-hetero) is 1. The van der Waals surface area contributed by atoms with Crippen LogP contribution < -0.4 is 0 Å². The predicted molar refractivity (Wildman–Crippen MR) is 144 cm³/mol. The molecule has 1 aromatic carbocycles. The number of hydrogen-bond acceptors (Lipinski definition) is 4. The monoisotopic (exact) mass is 556 g/mol. The Kier molecular flexibility index (Phi) is 6.34. The normalized spacial score (nSPS) is 46.0. The van der Waals surface area contributed by atoms with Gasteiger partial charge in [0.25, 0.3) is 0 Å². The van der Waals surface area contributed by atoms with Crippen molar-refractivity contribution in [3.63, 3.8) is 0 Å². The van der Waals surface area contributed by atoms with Crippen molar-refractivity contribution in [3.8, 4) is 0 Å². The van der Waals surface area contributed by atoms with Gasteiger partial charge in [-0.25, -0.2) is 9.78 Å². The third kappa shape index (κ3) is 3.90. The van der Waals surface area contributed by atoms with Crippen LogP contribution in [0, 0.1) is 40.4 Å². The zero-order valence-electron chi connectivity index (χ0n) is 22.1. The number of ketones is 1. The molecule has 36 heavy (non-hydrogen) atoms. The van der Waals surface area contributed by atoms with E-state index in [9.17, 15) is 4.79 Å². The summed E-state index contributed by atoms with van der Waals surface area (Å²) in [6, 6.07) is 8.13. The fourth-order valence-electron chi connectivity index (χ4n) is 9.51. The van der Waals surface area contributed by atoms with Crippen LogP contribution in [0.15, 0.2) is 35.3 Å². The van der Waals surface area contributed by atoms with E-state index in [0.29, 0.717) is 23.7 Å². The first-order chi connectivity index (χ1) is 17.2. The standard InChI is InChI=1S/C31H41BrO4/c1-19(21-5-8-23(32)9-6-21)28-18-34-31(36-35-28)16-15-29(3)22(17-31)7-10-24-26-12-11-25(20(2)33)30(26,4)14-13-27(24)29/h5-6,8-9,22,24-28H,1,7,10-18H2,2-4H3/t22-,24+,25-,26+,27+,28?,29+,30-,31?/m1/s1. The molecule has 196 valence electrons. The summed E-state index contributed by atoms with van der Waals surface area (Å²) < 4.78 is 7.53.